The van der Waals surface area contributed by atoms with E-state index in [9.17, 15) is 4.79 Å². The molecule has 0 radical (unpaired) electrons. The standard InChI is InChI=1S/C29H30N6O2/c1-34(21-11-12-21)15-5-8-25(36)20-16-22(17-20)35-29-26(28(30)31-18-32-29)27(33-35)19-9-13-24(14-10-19)37-23-6-3-2-4-7-23/h2-10,13-14,18,20-22H,11-12,15-17H2,1H3,(H2,30,31,32). The maximum absolute atomic E-state index is 12.7. The van der Waals surface area contributed by atoms with E-state index >= 15 is 0 Å². The van der Waals surface area contributed by atoms with Gasteiger partial charge in [0, 0.05) is 24.1 Å². The predicted molar refractivity (Wildman–Crippen MR) is 143 cm³/mol. The summed E-state index contributed by atoms with van der Waals surface area (Å²) in [5.74, 6) is 2.12. The molecule has 0 unspecified atom stereocenters. The minimum Gasteiger partial charge on any atom is -0.457 e. The number of carbonyl (C=O) groups is 1. The lowest BCUT2D eigenvalue weighted by atomic mass is 9.77. The molecular formula is C29H30N6O2. The van der Waals surface area contributed by atoms with Gasteiger partial charge in [-0.15, -0.1) is 0 Å². The maximum atomic E-state index is 12.7. The molecule has 8 nitrogen and oxygen atoms in total. The number of allylic oxidation sites excluding steroid dienone is 1. The van der Waals surface area contributed by atoms with Gasteiger partial charge in [-0.25, -0.2) is 14.6 Å². The normalized spacial score (nSPS) is 19.4. The van der Waals surface area contributed by atoms with Crippen LogP contribution in [0.5, 0.6) is 11.5 Å². The Morgan fingerprint density at radius 1 is 1.08 bits per heavy atom. The minimum atomic E-state index is 0.0174. The molecule has 2 heterocycles. The fourth-order valence-electron chi connectivity index (χ4n) is 4.91. The Balaban J connectivity index is 1.18. The monoisotopic (exact) mass is 494 g/mol. The van der Waals surface area contributed by atoms with Gasteiger partial charge in [-0.2, -0.15) is 5.10 Å². The lowest BCUT2D eigenvalue weighted by molar-refractivity contribution is -0.121. The zero-order valence-corrected chi connectivity index (χ0v) is 20.8. The number of anilines is 1. The largest absolute Gasteiger partial charge is 0.457 e. The number of aromatic nitrogens is 4. The molecule has 0 spiro atoms. The van der Waals surface area contributed by atoms with Crippen molar-refractivity contribution in [2.45, 2.75) is 37.8 Å². The van der Waals surface area contributed by atoms with Gasteiger partial charge < -0.3 is 10.5 Å². The molecule has 0 aliphatic heterocycles. The summed E-state index contributed by atoms with van der Waals surface area (Å²) >= 11 is 0. The molecule has 0 atom stereocenters. The molecule has 2 aromatic heterocycles. The number of carbonyl (C=O) groups excluding carboxylic acids is 1. The highest BCUT2D eigenvalue weighted by molar-refractivity contribution is 5.98. The first-order chi connectivity index (χ1) is 18.1. The van der Waals surface area contributed by atoms with E-state index in [0.29, 0.717) is 17.5 Å². The van der Waals surface area contributed by atoms with Crippen molar-refractivity contribution < 1.29 is 9.53 Å². The van der Waals surface area contributed by atoms with E-state index < -0.39 is 0 Å². The third-order valence-corrected chi connectivity index (χ3v) is 7.33. The van der Waals surface area contributed by atoms with Crippen LogP contribution in [0.2, 0.25) is 0 Å². The second kappa shape index (κ2) is 9.78. The number of benzene rings is 2. The lowest BCUT2D eigenvalue weighted by Crippen LogP contribution is -2.32. The van der Waals surface area contributed by atoms with E-state index in [1.54, 1.807) is 6.08 Å². The molecule has 2 aliphatic rings. The average molecular weight is 495 g/mol. The molecule has 2 N–H and O–H groups in total. The number of hydrogen-bond donors (Lipinski definition) is 1. The van der Waals surface area contributed by atoms with Crippen LogP contribution in [0, 0.1) is 5.92 Å². The first-order valence-electron chi connectivity index (χ1n) is 12.8. The molecule has 0 amide bonds. The SMILES string of the molecule is CN(CC=CC(=O)C1CC(n2nc(-c3ccc(Oc4ccccc4)cc3)c3c(N)ncnc32)C1)C1CC1. The number of nitrogen functional groups attached to an aromatic ring is 1. The van der Waals surface area contributed by atoms with Crippen molar-refractivity contribution in [2.75, 3.05) is 19.3 Å². The van der Waals surface area contributed by atoms with Crippen molar-refractivity contribution in [3.05, 3.63) is 73.1 Å². The van der Waals surface area contributed by atoms with Gasteiger partial charge in [-0.05, 0) is 75.2 Å². The molecule has 2 fully saturated rings. The number of para-hydroxylation sites is 1. The van der Waals surface area contributed by atoms with Gasteiger partial charge in [0.25, 0.3) is 0 Å². The summed E-state index contributed by atoms with van der Waals surface area (Å²) in [5, 5.41) is 5.65. The molecule has 188 valence electrons. The Labute approximate surface area is 215 Å². The van der Waals surface area contributed by atoms with E-state index in [-0.39, 0.29) is 17.7 Å². The van der Waals surface area contributed by atoms with Crippen LogP contribution in [-0.2, 0) is 4.79 Å². The summed E-state index contributed by atoms with van der Waals surface area (Å²) in [6.07, 6.45) is 9.23. The third kappa shape index (κ3) is 4.84. The molecule has 2 aliphatic carbocycles. The van der Waals surface area contributed by atoms with Gasteiger partial charge in [0.15, 0.2) is 11.4 Å². The van der Waals surface area contributed by atoms with Gasteiger partial charge in [-0.1, -0.05) is 24.3 Å². The number of fused-ring (bicyclic) bond motifs is 1. The summed E-state index contributed by atoms with van der Waals surface area (Å²) in [4.78, 5) is 23.7. The average Bonchev–Trinajstić information content (AvgIpc) is 3.66. The first-order valence-corrected chi connectivity index (χ1v) is 12.8. The maximum Gasteiger partial charge on any atom is 0.164 e. The van der Waals surface area contributed by atoms with E-state index in [4.69, 9.17) is 15.6 Å². The summed E-state index contributed by atoms with van der Waals surface area (Å²) < 4.78 is 7.85. The van der Waals surface area contributed by atoms with Crippen LogP contribution in [0.3, 0.4) is 0 Å². The smallest absolute Gasteiger partial charge is 0.164 e. The fourth-order valence-corrected chi connectivity index (χ4v) is 4.91. The van der Waals surface area contributed by atoms with Gasteiger partial charge in [-0.3, -0.25) is 9.69 Å². The van der Waals surface area contributed by atoms with Crippen molar-refractivity contribution in [3.63, 3.8) is 0 Å². The Morgan fingerprint density at radius 3 is 2.54 bits per heavy atom. The molecule has 0 saturated heterocycles. The van der Waals surface area contributed by atoms with Crippen molar-refractivity contribution in [3.8, 4) is 22.8 Å². The molecule has 2 aromatic carbocycles. The van der Waals surface area contributed by atoms with Crippen LogP contribution in [-0.4, -0.2) is 50.1 Å². The topological polar surface area (TPSA) is 99.2 Å². The number of likely N-dealkylation sites (N-methyl/N-ethyl adjacent to an activating group) is 1. The molecular weight excluding hydrogens is 464 g/mol. The minimum absolute atomic E-state index is 0.0174. The molecule has 8 heteroatoms. The van der Waals surface area contributed by atoms with Crippen LogP contribution in [0.1, 0.15) is 31.7 Å². The predicted octanol–water partition coefficient (Wildman–Crippen LogP) is 5.04. The fraction of sp³-hybridized carbons (Fsp3) is 0.310. The lowest BCUT2D eigenvalue weighted by Gasteiger charge is -2.33. The zero-order chi connectivity index (χ0) is 25.4. The van der Waals surface area contributed by atoms with E-state index in [1.807, 2.05) is 65.4 Å². The number of rotatable bonds is 9. The Bertz CT molecular complexity index is 1440. The van der Waals surface area contributed by atoms with E-state index in [2.05, 4.69) is 21.9 Å². The van der Waals surface area contributed by atoms with Crippen LogP contribution in [0.15, 0.2) is 73.1 Å². The molecule has 4 aromatic rings. The van der Waals surface area contributed by atoms with Crippen molar-refractivity contribution >= 4 is 22.6 Å². The van der Waals surface area contributed by atoms with Crippen LogP contribution in [0.25, 0.3) is 22.3 Å². The van der Waals surface area contributed by atoms with Gasteiger partial charge in [0.1, 0.15) is 29.3 Å². The van der Waals surface area contributed by atoms with Crippen molar-refractivity contribution in [1.82, 2.24) is 24.6 Å². The Kier molecular flexibility index (Phi) is 6.18. The highest BCUT2D eigenvalue weighted by Crippen LogP contribution is 2.42. The number of nitrogens with two attached hydrogens (primary N) is 1. The summed E-state index contributed by atoms with van der Waals surface area (Å²) in [7, 11) is 2.11. The van der Waals surface area contributed by atoms with Crippen LogP contribution in [0.4, 0.5) is 5.82 Å². The highest BCUT2D eigenvalue weighted by Gasteiger charge is 2.37. The summed E-state index contributed by atoms with van der Waals surface area (Å²) in [6.45, 7) is 0.824. The summed E-state index contributed by atoms with van der Waals surface area (Å²) in [6, 6.07) is 18.2. The molecule has 2 saturated carbocycles. The number of ketones is 1. The second-order valence-corrected chi connectivity index (χ2v) is 9.99. The number of nitrogens with zero attached hydrogens (tertiary/aromatic N) is 5. The quantitative estimate of drug-likeness (QED) is 0.326. The van der Waals surface area contributed by atoms with Crippen LogP contribution >= 0.6 is 0 Å². The first kappa shape index (κ1) is 23.4. The van der Waals surface area contributed by atoms with E-state index in [0.717, 1.165) is 47.5 Å². The van der Waals surface area contributed by atoms with Crippen molar-refractivity contribution in [2.24, 2.45) is 5.92 Å². The molecule has 6 rings (SSSR count). The van der Waals surface area contributed by atoms with Gasteiger partial charge in [0.2, 0.25) is 0 Å². The number of ether oxygens (including phenoxy) is 1. The number of hydrogen-bond acceptors (Lipinski definition) is 7. The molecule has 37 heavy (non-hydrogen) atoms. The zero-order valence-electron chi connectivity index (χ0n) is 20.8. The van der Waals surface area contributed by atoms with Gasteiger partial charge in [0.05, 0.1) is 11.4 Å². The van der Waals surface area contributed by atoms with Gasteiger partial charge >= 0.3 is 0 Å². The molecule has 0 bridgehead atoms. The third-order valence-electron chi connectivity index (χ3n) is 7.33. The summed E-state index contributed by atoms with van der Waals surface area (Å²) in [5.41, 5.74) is 8.62. The Hall–Kier alpha value is -4.04. The van der Waals surface area contributed by atoms with Crippen molar-refractivity contribution in [1.29, 1.82) is 0 Å². The second-order valence-electron chi connectivity index (χ2n) is 9.99. The Morgan fingerprint density at radius 2 is 1.81 bits per heavy atom. The van der Waals surface area contributed by atoms with E-state index in [1.165, 1.54) is 19.2 Å². The highest BCUT2D eigenvalue weighted by atomic mass is 16.5. The van der Waals surface area contributed by atoms with Crippen LogP contribution < -0.4 is 10.5 Å².